The minimum atomic E-state index is 0.0187. The molecule has 1 atom stereocenters. The molecule has 1 aromatic rings. The topological polar surface area (TPSA) is 35.2 Å². The molecule has 0 saturated heterocycles. The average molecular weight is 207 g/mol. The van der Waals surface area contributed by atoms with Gasteiger partial charge in [-0.25, -0.2) is 0 Å². The van der Waals surface area contributed by atoms with Gasteiger partial charge in [0.25, 0.3) is 0 Å². The van der Waals surface area contributed by atoms with Crippen molar-refractivity contribution in [1.82, 2.24) is 0 Å². The first-order valence-electron chi connectivity index (χ1n) is 5.59. The monoisotopic (exact) mass is 207 g/mol. The Morgan fingerprint density at radius 1 is 1.27 bits per heavy atom. The highest BCUT2D eigenvalue weighted by Gasteiger charge is 2.09. The fourth-order valence-electron chi connectivity index (χ4n) is 1.53. The van der Waals surface area contributed by atoms with Gasteiger partial charge in [0.15, 0.2) is 0 Å². The van der Waals surface area contributed by atoms with Crippen molar-refractivity contribution in [3.63, 3.8) is 0 Å². The Morgan fingerprint density at radius 2 is 1.93 bits per heavy atom. The van der Waals surface area contributed by atoms with Crippen molar-refractivity contribution >= 4 is 0 Å². The summed E-state index contributed by atoms with van der Waals surface area (Å²) in [6.07, 6.45) is 1.22. The van der Waals surface area contributed by atoms with Crippen LogP contribution in [0.15, 0.2) is 18.2 Å². The fraction of sp³-hybridized carbons (Fsp3) is 0.538. The summed E-state index contributed by atoms with van der Waals surface area (Å²) in [5, 5.41) is 0. The van der Waals surface area contributed by atoms with E-state index < -0.39 is 0 Å². The van der Waals surface area contributed by atoms with Gasteiger partial charge in [-0.3, -0.25) is 0 Å². The van der Waals surface area contributed by atoms with E-state index in [1.807, 2.05) is 26.8 Å². The number of rotatable bonds is 4. The number of aryl methyl sites for hydroxylation is 1. The minimum absolute atomic E-state index is 0.0187. The fourth-order valence-corrected chi connectivity index (χ4v) is 1.53. The maximum atomic E-state index is 5.93. The molecule has 0 radical (unpaired) electrons. The van der Waals surface area contributed by atoms with E-state index in [0.717, 1.165) is 17.7 Å². The molecule has 84 valence electrons. The van der Waals surface area contributed by atoms with E-state index in [0.29, 0.717) is 0 Å². The first-order chi connectivity index (χ1) is 7.04. The largest absolute Gasteiger partial charge is 0.491 e. The molecular formula is C13H21NO. The van der Waals surface area contributed by atoms with E-state index in [2.05, 4.69) is 19.1 Å². The number of hydrogen-bond acceptors (Lipinski definition) is 2. The molecule has 1 unspecified atom stereocenters. The maximum absolute atomic E-state index is 5.93. The lowest BCUT2D eigenvalue weighted by Gasteiger charge is -2.17. The van der Waals surface area contributed by atoms with Crippen LogP contribution in [0.25, 0.3) is 0 Å². The lowest BCUT2D eigenvalue weighted by Crippen LogP contribution is -2.12. The second-order valence-corrected chi connectivity index (χ2v) is 4.18. The highest BCUT2D eigenvalue weighted by molar-refractivity contribution is 5.39. The molecule has 0 aliphatic rings. The van der Waals surface area contributed by atoms with Gasteiger partial charge in [-0.05, 0) is 38.8 Å². The summed E-state index contributed by atoms with van der Waals surface area (Å²) in [5.41, 5.74) is 8.34. The summed E-state index contributed by atoms with van der Waals surface area (Å²) < 4.78 is 5.73. The Hall–Kier alpha value is -1.02. The number of hydrogen-bond donors (Lipinski definition) is 1. The van der Waals surface area contributed by atoms with Gasteiger partial charge in [0.2, 0.25) is 0 Å². The van der Waals surface area contributed by atoms with E-state index in [1.165, 1.54) is 5.56 Å². The van der Waals surface area contributed by atoms with Gasteiger partial charge in [0, 0.05) is 11.6 Å². The van der Waals surface area contributed by atoms with Crippen LogP contribution < -0.4 is 10.5 Å². The molecular weight excluding hydrogens is 186 g/mol. The SMILES string of the molecule is CCc1ccc(OC(C)C)c(C(C)N)c1. The first-order valence-corrected chi connectivity index (χ1v) is 5.59. The molecule has 2 N–H and O–H groups in total. The summed E-state index contributed by atoms with van der Waals surface area (Å²) in [5.74, 6) is 0.914. The van der Waals surface area contributed by atoms with Crippen molar-refractivity contribution in [1.29, 1.82) is 0 Å². The summed E-state index contributed by atoms with van der Waals surface area (Å²) >= 11 is 0. The van der Waals surface area contributed by atoms with Crippen LogP contribution in [0.5, 0.6) is 5.75 Å². The van der Waals surface area contributed by atoms with Crippen molar-refractivity contribution in [3.05, 3.63) is 29.3 Å². The predicted molar refractivity (Wildman–Crippen MR) is 64.2 cm³/mol. The Bertz CT molecular complexity index is 318. The van der Waals surface area contributed by atoms with Gasteiger partial charge in [-0.2, -0.15) is 0 Å². The Morgan fingerprint density at radius 3 is 2.40 bits per heavy atom. The zero-order valence-electron chi connectivity index (χ0n) is 10.1. The molecule has 1 aromatic carbocycles. The summed E-state index contributed by atoms with van der Waals surface area (Å²) in [4.78, 5) is 0. The second kappa shape index (κ2) is 5.17. The van der Waals surface area contributed by atoms with E-state index in [4.69, 9.17) is 10.5 Å². The second-order valence-electron chi connectivity index (χ2n) is 4.18. The van der Waals surface area contributed by atoms with Gasteiger partial charge < -0.3 is 10.5 Å². The van der Waals surface area contributed by atoms with Crippen LogP contribution >= 0.6 is 0 Å². The van der Waals surface area contributed by atoms with Crippen molar-refractivity contribution in [2.24, 2.45) is 5.73 Å². The number of nitrogens with two attached hydrogens (primary N) is 1. The van der Waals surface area contributed by atoms with Crippen molar-refractivity contribution in [2.75, 3.05) is 0 Å². The van der Waals surface area contributed by atoms with E-state index in [-0.39, 0.29) is 12.1 Å². The zero-order valence-corrected chi connectivity index (χ0v) is 10.1. The molecule has 0 spiro atoms. The first kappa shape index (κ1) is 12.1. The molecule has 0 aromatic heterocycles. The normalized spacial score (nSPS) is 12.9. The lowest BCUT2D eigenvalue weighted by atomic mass is 10.0. The zero-order chi connectivity index (χ0) is 11.4. The molecule has 0 aliphatic carbocycles. The molecule has 15 heavy (non-hydrogen) atoms. The van der Waals surface area contributed by atoms with Crippen molar-refractivity contribution < 1.29 is 4.74 Å². The third kappa shape index (κ3) is 3.24. The van der Waals surface area contributed by atoms with Crippen molar-refractivity contribution in [3.8, 4) is 5.75 Å². The molecule has 0 saturated carbocycles. The van der Waals surface area contributed by atoms with Gasteiger partial charge in [-0.1, -0.05) is 19.1 Å². The third-order valence-corrected chi connectivity index (χ3v) is 2.34. The van der Waals surface area contributed by atoms with Crippen LogP contribution in [0.3, 0.4) is 0 Å². The quantitative estimate of drug-likeness (QED) is 0.823. The molecule has 1 rings (SSSR count). The van der Waals surface area contributed by atoms with E-state index in [9.17, 15) is 0 Å². The number of ether oxygens (including phenoxy) is 1. The minimum Gasteiger partial charge on any atom is -0.491 e. The van der Waals surface area contributed by atoms with Gasteiger partial charge in [0.1, 0.15) is 5.75 Å². The highest BCUT2D eigenvalue weighted by atomic mass is 16.5. The number of benzene rings is 1. The van der Waals surface area contributed by atoms with Crippen LogP contribution in [0.1, 0.15) is 44.9 Å². The van der Waals surface area contributed by atoms with Crippen molar-refractivity contribution in [2.45, 2.75) is 46.3 Å². The standard InChI is InChI=1S/C13H21NO/c1-5-11-6-7-13(15-9(2)3)12(8-11)10(4)14/h6-10H,5,14H2,1-4H3. The maximum Gasteiger partial charge on any atom is 0.124 e. The van der Waals surface area contributed by atoms with Crippen LogP contribution in [-0.2, 0) is 6.42 Å². The van der Waals surface area contributed by atoms with Gasteiger partial charge in [0.05, 0.1) is 6.10 Å². The predicted octanol–water partition coefficient (Wildman–Crippen LogP) is 3.06. The Balaban J connectivity index is 3.03. The van der Waals surface area contributed by atoms with E-state index >= 15 is 0 Å². The Kier molecular flexibility index (Phi) is 4.15. The molecule has 2 heteroatoms. The Labute approximate surface area is 92.4 Å². The van der Waals surface area contributed by atoms with Gasteiger partial charge in [-0.15, -0.1) is 0 Å². The molecule has 0 fully saturated rings. The molecule has 0 amide bonds. The van der Waals surface area contributed by atoms with Gasteiger partial charge >= 0.3 is 0 Å². The molecule has 0 bridgehead atoms. The van der Waals surface area contributed by atoms with E-state index in [1.54, 1.807) is 0 Å². The molecule has 0 aliphatic heterocycles. The lowest BCUT2D eigenvalue weighted by molar-refractivity contribution is 0.239. The van der Waals surface area contributed by atoms with Crippen LogP contribution in [0.2, 0.25) is 0 Å². The van der Waals surface area contributed by atoms with Crippen LogP contribution in [-0.4, -0.2) is 6.10 Å². The summed E-state index contributed by atoms with van der Waals surface area (Å²) in [6.45, 7) is 8.18. The molecule has 2 nitrogen and oxygen atoms in total. The smallest absolute Gasteiger partial charge is 0.124 e. The highest BCUT2D eigenvalue weighted by Crippen LogP contribution is 2.26. The molecule has 0 heterocycles. The summed E-state index contributed by atoms with van der Waals surface area (Å²) in [7, 11) is 0. The summed E-state index contributed by atoms with van der Waals surface area (Å²) in [6, 6.07) is 6.29. The average Bonchev–Trinajstić information content (AvgIpc) is 2.17. The third-order valence-electron chi connectivity index (χ3n) is 2.34. The van der Waals surface area contributed by atoms with Crippen LogP contribution in [0, 0.1) is 0 Å². The van der Waals surface area contributed by atoms with Crippen LogP contribution in [0.4, 0.5) is 0 Å².